The Bertz CT molecular complexity index is 386. The highest BCUT2D eigenvalue weighted by molar-refractivity contribution is 5.88. The number of carbonyl (C=O) groups is 1. The minimum Gasteiger partial charge on any atom is -0.335 e. The molecule has 0 atom stereocenters. The molecule has 0 aromatic carbocycles. The lowest BCUT2D eigenvalue weighted by atomic mass is 10.1. The average molecular weight is 231 g/mol. The third-order valence-electron chi connectivity index (χ3n) is 3.46. The van der Waals surface area contributed by atoms with E-state index >= 15 is 0 Å². The van der Waals surface area contributed by atoms with Crippen molar-refractivity contribution in [2.24, 2.45) is 11.8 Å². The van der Waals surface area contributed by atoms with Crippen LogP contribution < -0.4 is 10.6 Å². The number of urea groups is 1. The zero-order valence-electron chi connectivity index (χ0n) is 9.73. The fraction of sp³-hybridized carbons (Fsp3) is 0.538. The van der Waals surface area contributed by atoms with Gasteiger partial charge in [0.1, 0.15) is 5.82 Å². The zero-order chi connectivity index (χ0) is 11.7. The number of nitrogens with zero attached hydrogens (tertiary/aromatic N) is 1. The van der Waals surface area contributed by atoms with Crippen LogP contribution in [0.2, 0.25) is 0 Å². The second-order valence-corrected chi connectivity index (χ2v) is 5.01. The van der Waals surface area contributed by atoms with Crippen molar-refractivity contribution in [3.8, 4) is 0 Å². The molecule has 1 aromatic rings. The van der Waals surface area contributed by atoms with Crippen LogP contribution in [0.4, 0.5) is 10.6 Å². The molecular weight excluding hydrogens is 214 g/mol. The van der Waals surface area contributed by atoms with Gasteiger partial charge in [0.15, 0.2) is 0 Å². The van der Waals surface area contributed by atoms with Gasteiger partial charge in [-0.2, -0.15) is 0 Å². The molecule has 2 N–H and O–H groups in total. The van der Waals surface area contributed by atoms with Gasteiger partial charge >= 0.3 is 6.03 Å². The predicted molar refractivity (Wildman–Crippen MR) is 65.6 cm³/mol. The van der Waals surface area contributed by atoms with E-state index in [2.05, 4.69) is 15.6 Å². The minimum atomic E-state index is -0.118. The van der Waals surface area contributed by atoms with E-state index in [9.17, 15) is 4.79 Å². The molecule has 1 heterocycles. The number of carbonyl (C=O) groups excluding carboxylic acids is 1. The smallest absolute Gasteiger partial charge is 0.320 e. The summed E-state index contributed by atoms with van der Waals surface area (Å²) in [5.41, 5.74) is 0. The molecule has 3 rings (SSSR count). The topological polar surface area (TPSA) is 54.0 Å². The van der Waals surface area contributed by atoms with Gasteiger partial charge in [0.05, 0.1) is 0 Å². The summed E-state index contributed by atoms with van der Waals surface area (Å²) in [5, 5.41) is 5.88. The fourth-order valence-electron chi connectivity index (χ4n) is 2.27. The molecule has 2 fully saturated rings. The van der Waals surface area contributed by atoms with E-state index in [0.717, 1.165) is 11.8 Å². The quantitative estimate of drug-likeness (QED) is 0.836. The van der Waals surface area contributed by atoms with Gasteiger partial charge in [0.25, 0.3) is 0 Å². The van der Waals surface area contributed by atoms with Crippen LogP contribution in [0.25, 0.3) is 0 Å². The molecule has 4 heteroatoms. The Labute approximate surface area is 101 Å². The van der Waals surface area contributed by atoms with Gasteiger partial charge in [0, 0.05) is 12.2 Å². The number of nitrogens with one attached hydrogen (secondary N) is 2. The van der Waals surface area contributed by atoms with Crippen LogP contribution >= 0.6 is 0 Å². The van der Waals surface area contributed by atoms with Gasteiger partial charge < -0.3 is 5.32 Å². The van der Waals surface area contributed by atoms with Crippen LogP contribution in [0.1, 0.15) is 25.7 Å². The number of anilines is 1. The molecule has 0 unspecified atom stereocenters. The van der Waals surface area contributed by atoms with Crippen LogP contribution in [-0.2, 0) is 0 Å². The highest BCUT2D eigenvalue weighted by Gasteiger charge is 2.42. The van der Waals surface area contributed by atoms with Crippen molar-refractivity contribution in [3.05, 3.63) is 24.4 Å². The minimum absolute atomic E-state index is 0.118. The molecule has 2 aliphatic carbocycles. The lowest BCUT2D eigenvalue weighted by Gasteiger charge is -2.17. The van der Waals surface area contributed by atoms with E-state index in [1.807, 2.05) is 12.1 Å². The molecule has 0 bridgehead atoms. The van der Waals surface area contributed by atoms with Crippen molar-refractivity contribution in [1.82, 2.24) is 10.3 Å². The summed E-state index contributed by atoms with van der Waals surface area (Å²) < 4.78 is 0. The Balaban J connectivity index is 1.55. The summed E-state index contributed by atoms with van der Waals surface area (Å²) in [6, 6.07) is 5.76. The van der Waals surface area contributed by atoms with Gasteiger partial charge in [-0.1, -0.05) is 6.07 Å². The van der Waals surface area contributed by atoms with Crippen molar-refractivity contribution < 1.29 is 4.79 Å². The van der Waals surface area contributed by atoms with Crippen LogP contribution in [0, 0.1) is 11.8 Å². The van der Waals surface area contributed by atoms with Crippen molar-refractivity contribution in [2.75, 3.05) is 5.32 Å². The molecule has 2 amide bonds. The third kappa shape index (κ3) is 2.75. The first-order valence-electron chi connectivity index (χ1n) is 6.31. The predicted octanol–water partition coefficient (Wildman–Crippen LogP) is 2.39. The average Bonchev–Trinajstić information content (AvgIpc) is 3.19. The third-order valence-corrected chi connectivity index (χ3v) is 3.46. The first kappa shape index (κ1) is 10.6. The Morgan fingerprint density at radius 1 is 1.24 bits per heavy atom. The number of hydrogen-bond acceptors (Lipinski definition) is 2. The highest BCUT2D eigenvalue weighted by Crippen LogP contribution is 2.44. The molecular formula is C13H17N3O. The van der Waals surface area contributed by atoms with E-state index in [0.29, 0.717) is 11.9 Å². The summed E-state index contributed by atoms with van der Waals surface area (Å²) in [4.78, 5) is 15.9. The summed E-state index contributed by atoms with van der Waals surface area (Å²) in [7, 11) is 0. The van der Waals surface area contributed by atoms with E-state index in [1.54, 1.807) is 12.3 Å². The van der Waals surface area contributed by atoms with Crippen molar-refractivity contribution in [2.45, 2.75) is 31.7 Å². The Morgan fingerprint density at radius 2 is 1.94 bits per heavy atom. The standard InChI is InChI=1S/C13H17N3O/c17-13(15-11-3-1-2-8-14-11)16-12(9-4-5-9)10-6-7-10/h1-3,8-10,12H,4-7H2,(H2,14,15,16,17). The summed E-state index contributed by atoms with van der Waals surface area (Å²) >= 11 is 0. The van der Waals surface area contributed by atoms with Gasteiger partial charge in [-0.05, 0) is 49.7 Å². The molecule has 0 radical (unpaired) electrons. The van der Waals surface area contributed by atoms with Crippen molar-refractivity contribution in [1.29, 1.82) is 0 Å². The van der Waals surface area contributed by atoms with Gasteiger partial charge in [-0.25, -0.2) is 9.78 Å². The van der Waals surface area contributed by atoms with E-state index < -0.39 is 0 Å². The molecule has 0 spiro atoms. The molecule has 4 nitrogen and oxygen atoms in total. The van der Waals surface area contributed by atoms with Crippen LogP contribution in [0.5, 0.6) is 0 Å². The van der Waals surface area contributed by atoms with E-state index in [-0.39, 0.29) is 6.03 Å². The summed E-state index contributed by atoms with van der Waals surface area (Å²) in [6.45, 7) is 0. The van der Waals surface area contributed by atoms with Crippen molar-refractivity contribution in [3.63, 3.8) is 0 Å². The number of hydrogen-bond donors (Lipinski definition) is 2. The molecule has 90 valence electrons. The number of pyridine rings is 1. The fourth-order valence-corrected chi connectivity index (χ4v) is 2.27. The second kappa shape index (κ2) is 4.35. The largest absolute Gasteiger partial charge is 0.335 e. The van der Waals surface area contributed by atoms with Gasteiger partial charge in [-0.3, -0.25) is 5.32 Å². The molecule has 2 saturated carbocycles. The number of amides is 2. The SMILES string of the molecule is O=C(Nc1ccccn1)NC(C1CC1)C1CC1. The summed E-state index contributed by atoms with van der Waals surface area (Å²) in [6.07, 6.45) is 6.75. The van der Waals surface area contributed by atoms with E-state index in [4.69, 9.17) is 0 Å². The molecule has 0 aliphatic heterocycles. The lowest BCUT2D eigenvalue weighted by molar-refractivity contribution is 0.245. The number of aromatic nitrogens is 1. The normalized spacial score (nSPS) is 19.1. The molecule has 0 saturated heterocycles. The molecule has 17 heavy (non-hydrogen) atoms. The van der Waals surface area contributed by atoms with Crippen molar-refractivity contribution >= 4 is 11.8 Å². The van der Waals surface area contributed by atoms with Gasteiger partial charge in [-0.15, -0.1) is 0 Å². The van der Waals surface area contributed by atoms with Gasteiger partial charge in [0.2, 0.25) is 0 Å². The van der Waals surface area contributed by atoms with E-state index in [1.165, 1.54) is 25.7 Å². The van der Waals surface area contributed by atoms with Crippen LogP contribution in [0.15, 0.2) is 24.4 Å². The maximum atomic E-state index is 11.8. The Kier molecular flexibility index (Phi) is 2.71. The molecule has 2 aliphatic rings. The maximum absolute atomic E-state index is 11.8. The maximum Gasteiger partial charge on any atom is 0.320 e. The monoisotopic (exact) mass is 231 g/mol. The lowest BCUT2D eigenvalue weighted by Crippen LogP contribution is -2.40. The summed E-state index contributed by atoms with van der Waals surface area (Å²) in [5.74, 6) is 2.05. The highest BCUT2D eigenvalue weighted by atomic mass is 16.2. The number of rotatable bonds is 4. The zero-order valence-corrected chi connectivity index (χ0v) is 9.73. The molecule has 1 aromatic heterocycles. The van der Waals surface area contributed by atoms with Crippen LogP contribution in [0.3, 0.4) is 0 Å². The Hall–Kier alpha value is -1.58. The first-order chi connectivity index (χ1) is 8.33. The Morgan fingerprint density at radius 3 is 2.47 bits per heavy atom. The first-order valence-corrected chi connectivity index (χ1v) is 6.31. The second-order valence-electron chi connectivity index (χ2n) is 5.01. The van der Waals surface area contributed by atoms with Crippen LogP contribution in [-0.4, -0.2) is 17.1 Å².